The Bertz CT molecular complexity index is 719. The molecular weight excluding hydrogens is 290 g/mol. The number of rotatable bonds is 3. The summed E-state index contributed by atoms with van der Waals surface area (Å²) >= 11 is 0. The fraction of sp³-hybridized carbons (Fsp3) is 0.529. The van der Waals surface area contributed by atoms with E-state index in [0.29, 0.717) is 5.56 Å². The number of amides is 1. The van der Waals surface area contributed by atoms with E-state index in [-0.39, 0.29) is 11.9 Å². The summed E-state index contributed by atoms with van der Waals surface area (Å²) in [5.74, 6) is -0.0149. The van der Waals surface area contributed by atoms with Gasteiger partial charge in [0.25, 0.3) is 5.91 Å². The van der Waals surface area contributed by atoms with Crippen LogP contribution in [0.25, 0.3) is 5.52 Å². The summed E-state index contributed by atoms with van der Waals surface area (Å²) in [5.41, 5.74) is 2.74. The van der Waals surface area contributed by atoms with Crippen LogP contribution in [0.3, 0.4) is 0 Å². The molecule has 1 atom stereocenters. The van der Waals surface area contributed by atoms with Gasteiger partial charge in [-0.05, 0) is 45.0 Å². The van der Waals surface area contributed by atoms with Crippen LogP contribution in [-0.4, -0.2) is 59.7 Å². The minimum absolute atomic E-state index is 0.0149. The first-order chi connectivity index (χ1) is 11.2. The maximum Gasteiger partial charge on any atom is 0.255 e. The number of nitrogens with zero attached hydrogens (tertiary/aromatic N) is 4. The molecule has 0 aromatic carbocycles. The highest BCUT2D eigenvalue weighted by atomic mass is 16.1. The molecule has 1 N–H and O–H groups in total. The molecule has 2 aromatic heterocycles. The highest BCUT2D eigenvalue weighted by Gasteiger charge is 2.23. The van der Waals surface area contributed by atoms with Crippen LogP contribution in [-0.2, 0) is 0 Å². The lowest BCUT2D eigenvalue weighted by Gasteiger charge is -2.17. The number of aromatic nitrogens is 2. The standard InChI is InChI=1S/C17H23N5O/c1-20-8-4-13(12-20)19-17(23)15-11-18-22-9-5-14(10-16(15)22)21-6-2-3-7-21/h5,9-11,13H,2-4,6-8,12H2,1H3,(H,19,23). The van der Waals surface area contributed by atoms with E-state index in [1.807, 2.05) is 6.20 Å². The summed E-state index contributed by atoms with van der Waals surface area (Å²) in [6, 6.07) is 4.41. The number of fused-ring (bicyclic) bond motifs is 1. The summed E-state index contributed by atoms with van der Waals surface area (Å²) in [5, 5.41) is 7.47. The van der Waals surface area contributed by atoms with Crippen molar-refractivity contribution in [3.63, 3.8) is 0 Å². The van der Waals surface area contributed by atoms with Crippen molar-refractivity contribution in [2.45, 2.75) is 25.3 Å². The van der Waals surface area contributed by atoms with Crippen LogP contribution in [0.15, 0.2) is 24.5 Å². The average molecular weight is 313 g/mol. The van der Waals surface area contributed by atoms with Crippen molar-refractivity contribution in [3.8, 4) is 0 Å². The Hall–Kier alpha value is -2.08. The van der Waals surface area contributed by atoms with E-state index in [0.717, 1.165) is 38.1 Å². The molecule has 0 radical (unpaired) electrons. The zero-order valence-corrected chi connectivity index (χ0v) is 13.5. The number of hydrogen-bond donors (Lipinski definition) is 1. The van der Waals surface area contributed by atoms with Crippen LogP contribution in [0, 0.1) is 0 Å². The highest BCUT2D eigenvalue weighted by molar-refractivity contribution is 6.01. The van der Waals surface area contributed by atoms with E-state index < -0.39 is 0 Å². The fourth-order valence-electron chi connectivity index (χ4n) is 3.63. The summed E-state index contributed by atoms with van der Waals surface area (Å²) in [6.45, 7) is 4.16. The van der Waals surface area contributed by atoms with Gasteiger partial charge in [0, 0.05) is 37.6 Å². The number of carbonyl (C=O) groups excluding carboxylic acids is 1. The zero-order valence-electron chi connectivity index (χ0n) is 13.5. The van der Waals surface area contributed by atoms with Crippen molar-refractivity contribution in [1.29, 1.82) is 0 Å². The third kappa shape index (κ3) is 2.79. The lowest BCUT2D eigenvalue weighted by Crippen LogP contribution is -2.36. The predicted molar refractivity (Wildman–Crippen MR) is 90.0 cm³/mol. The lowest BCUT2D eigenvalue weighted by molar-refractivity contribution is 0.0940. The van der Waals surface area contributed by atoms with Gasteiger partial charge in [-0.2, -0.15) is 5.10 Å². The molecule has 6 nitrogen and oxygen atoms in total. The monoisotopic (exact) mass is 313 g/mol. The number of pyridine rings is 1. The van der Waals surface area contributed by atoms with Crippen molar-refractivity contribution < 1.29 is 4.79 Å². The third-order valence-electron chi connectivity index (χ3n) is 4.95. The van der Waals surface area contributed by atoms with Gasteiger partial charge >= 0.3 is 0 Å². The summed E-state index contributed by atoms with van der Waals surface area (Å²) in [4.78, 5) is 17.2. The second kappa shape index (κ2) is 5.85. The number of likely N-dealkylation sites (N-methyl/N-ethyl adjacent to an activating group) is 1. The fourth-order valence-corrected chi connectivity index (χ4v) is 3.63. The topological polar surface area (TPSA) is 52.9 Å². The van der Waals surface area contributed by atoms with Crippen LogP contribution in [0.5, 0.6) is 0 Å². The Morgan fingerprint density at radius 3 is 2.87 bits per heavy atom. The Balaban J connectivity index is 1.58. The maximum absolute atomic E-state index is 12.6. The second-order valence-corrected chi connectivity index (χ2v) is 6.69. The molecule has 0 bridgehead atoms. The summed E-state index contributed by atoms with van der Waals surface area (Å²) < 4.78 is 1.79. The van der Waals surface area contributed by atoms with Crippen LogP contribution in [0.4, 0.5) is 5.69 Å². The maximum atomic E-state index is 12.6. The Labute approximate surface area is 136 Å². The molecule has 4 rings (SSSR count). The highest BCUT2D eigenvalue weighted by Crippen LogP contribution is 2.23. The molecule has 2 fully saturated rings. The number of nitrogens with one attached hydrogen (secondary N) is 1. The number of hydrogen-bond acceptors (Lipinski definition) is 4. The van der Waals surface area contributed by atoms with Gasteiger partial charge in [-0.3, -0.25) is 4.79 Å². The van der Waals surface area contributed by atoms with Gasteiger partial charge in [0.05, 0.1) is 17.3 Å². The molecule has 2 aliphatic rings. The molecule has 4 heterocycles. The summed E-state index contributed by atoms with van der Waals surface area (Å²) in [7, 11) is 2.09. The number of carbonyl (C=O) groups is 1. The van der Waals surface area contributed by atoms with Gasteiger partial charge in [0.1, 0.15) is 0 Å². The first-order valence-electron chi connectivity index (χ1n) is 8.42. The summed E-state index contributed by atoms with van der Waals surface area (Å²) in [6.07, 6.45) is 7.13. The minimum Gasteiger partial charge on any atom is -0.371 e. The molecule has 2 saturated heterocycles. The van der Waals surface area contributed by atoms with Crippen LogP contribution >= 0.6 is 0 Å². The molecule has 0 aliphatic carbocycles. The van der Waals surface area contributed by atoms with Crippen molar-refractivity contribution in [1.82, 2.24) is 19.8 Å². The quantitative estimate of drug-likeness (QED) is 0.930. The molecule has 0 saturated carbocycles. The largest absolute Gasteiger partial charge is 0.371 e. The van der Waals surface area contributed by atoms with Crippen LogP contribution in [0.1, 0.15) is 29.6 Å². The second-order valence-electron chi connectivity index (χ2n) is 6.69. The van der Waals surface area contributed by atoms with Gasteiger partial charge in [-0.15, -0.1) is 0 Å². The molecule has 6 heteroatoms. The molecule has 1 unspecified atom stereocenters. The Morgan fingerprint density at radius 1 is 1.30 bits per heavy atom. The van der Waals surface area contributed by atoms with E-state index >= 15 is 0 Å². The van der Waals surface area contributed by atoms with Crippen molar-refractivity contribution >= 4 is 17.1 Å². The van der Waals surface area contributed by atoms with E-state index in [4.69, 9.17) is 0 Å². The van der Waals surface area contributed by atoms with E-state index in [2.05, 4.69) is 39.4 Å². The molecular formula is C17H23N5O. The molecule has 0 spiro atoms. The Morgan fingerprint density at radius 2 is 2.13 bits per heavy atom. The van der Waals surface area contributed by atoms with Crippen molar-refractivity contribution in [3.05, 3.63) is 30.1 Å². The first-order valence-corrected chi connectivity index (χ1v) is 8.42. The van der Waals surface area contributed by atoms with E-state index in [1.54, 1.807) is 10.7 Å². The van der Waals surface area contributed by atoms with Crippen molar-refractivity contribution in [2.75, 3.05) is 38.1 Å². The minimum atomic E-state index is -0.0149. The Kier molecular flexibility index (Phi) is 3.69. The van der Waals surface area contributed by atoms with Gasteiger partial charge < -0.3 is 15.1 Å². The van der Waals surface area contributed by atoms with Gasteiger partial charge in [0.2, 0.25) is 0 Å². The van der Waals surface area contributed by atoms with Crippen molar-refractivity contribution in [2.24, 2.45) is 0 Å². The normalized spacial score (nSPS) is 22.1. The van der Waals surface area contributed by atoms with Crippen LogP contribution in [0.2, 0.25) is 0 Å². The van der Waals surface area contributed by atoms with E-state index in [1.165, 1.54) is 18.5 Å². The lowest BCUT2D eigenvalue weighted by atomic mass is 10.2. The number of anilines is 1. The molecule has 2 aromatic rings. The predicted octanol–water partition coefficient (Wildman–Crippen LogP) is 1.37. The zero-order chi connectivity index (χ0) is 15.8. The molecule has 122 valence electrons. The smallest absolute Gasteiger partial charge is 0.255 e. The molecule has 2 aliphatic heterocycles. The number of likely N-dealkylation sites (tertiary alicyclic amines) is 1. The third-order valence-corrected chi connectivity index (χ3v) is 4.95. The van der Waals surface area contributed by atoms with E-state index in [9.17, 15) is 4.79 Å². The first kappa shape index (κ1) is 14.5. The average Bonchev–Trinajstić information content (AvgIpc) is 3.26. The van der Waals surface area contributed by atoms with Gasteiger partial charge in [-0.25, -0.2) is 4.52 Å². The molecule has 1 amide bonds. The van der Waals surface area contributed by atoms with Gasteiger partial charge in [0.15, 0.2) is 0 Å². The SMILES string of the molecule is CN1CCC(NC(=O)c2cnn3ccc(N4CCCC4)cc23)C1. The van der Waals surface area contributed by atoms with Gasteiger partial charge in [-0.1, -0.05) is 0 Å². The van der Waals surface area contributed by atoms with Crippen LogP contribution < -0.4 is 10.2 Å². The molecule has 23 heavy (non-hydrogen) atoms.